The molecule has 0 bridgehead atoms. The maximum absolute atomic E-state index is 5.42. The Morgan fingerprint density at radius 1 is 1.38 bits per heavy atom. The molecule has 4 N–H and O–H groups in total. The second-order valence-electron chi connectivity index (χ2n) is 4.05. The third kappa shape index (κ3) is 5.32. The molecule has 0 aromatic rings. The smallest absolute Gasteiger partial charge is 0.206 e. The molecule has 1 rings (SSSR count). The zero-order valence-electron chi connectivity index (χ0n) is 10.2. The Bertz CT molecular complexity index is 202. The molecule has 0 aromatic carbocycles. The van der Waals surface area contributed by atoms with Gasteiger partial charge in [0.15, 0.2) is 0 Å². The van der Waals surface area contributed by atoms with Gasteiger partial charge in [-0.2, -0.15) is 0 Å². The van der Waals surface area contributed by atoms with E-state index in [0.29, 0.717) is 25.2 Å². The van der Waals surface area contributed by atoms with E-state index in [-0.39, 0.29) is 0 Å². The van der Waals surface area contributed by atoms with Gasteiger partial charge >= 0.3 is 0 Å². The number of hydrogen-bond acceptors (Lipinski definition) is 3. The lowest BCUT2D eigenvalue weighted by molar-refractivity contribution is 0.155. The highest BCUT2D eigenvalue weighted by molar-refractivity contribution is 5.79. The molecule has 1 aliphatic carbocycles. The molecule has 94 valence electrons. The summed E-state index contributed by atoms with van der Waals surface area (Å²) in [7, 11) is 0. The molecule has 16 heavy (non-hydrogen) atoms. The van der Waals surface area contributed by atoms with Crippen molar-refractivity contribution < 1.29 is 4.74 Å². The Morgan fingerprint density at radius 2 is 2.12 bits per heavy atom. The highest BCUT2D eigenvalue weighted by Gasteiger charge is 2.13. The molecular weight excluding hydrogens is 204 g/mol. The fourth-order valence-corrected chi connectivity index (χ4v) is 1.94. The number of nitrogens with one attached hydrogen (secondary N) is 2. The highest BCUT2D eigenvalue weighted by atomic mass is 16.5. The Hall–Kier alpha value is -0.810. The summed E-state index contributed by atoms with van der Waals surface area (Å²) in [5.41, 5.74) is 2.61. The summed E-state index contributed by atoms with van der Waals surface area (Å²) < 4.78 is 5.21. The van der Waals surface area contributed by atoms with Gasteiger partial charge in [0, 0.05) is 12.6 Å². The van der Waals surface area contributed by atoms with Gasteiger partial charge in [-0.1, -0.05) is 19.3 Å². The van der Waals surface area contributed by atoms with Crippen LogP contribution in [0.1, 0.15) is 39.0 Å². The minimum absolute atomic E-state index is 0.524. The normalized spacial score (nSPS) is 18.5. The van der Waals surface area contributed by atoms with Crippen LogP contribution >= 0.6 is 0 Å². The molecule has 0 aromatic heterocycles. The molecule has 0 amide bonds. The van der Waals surface area contributed by atoms with Crippen LogP contribution in [0.2, 0.25) is 0 Å². The Kier molecular flexibility index (Phi) is 6.92. The van der Waals surface area contributed by atoms with Crippen LogP contribution in [0.25, 0.3) is 0 Å². The number of hydrogen-bond donors (Lipinski definition) is 3. The summed E-state index contributed by atoms with van der Waals surface area (Å²) in [6, 6.07) is 0.524. The molecule has 0 atom stereocenters. The summed E-state index contributed by atoms with van der Waals surface area (Å²) in [5, 5.41) is 3.34. The molecule has 5 heteroatoms. The predicted octanol–water partition coefficient (Wildman–Crippen LogP) is 0.764. The minimum Gasteiger partial charge on any atom is -0.380 e. The monoisotopic (exact) mass is 228 g/mol. The van der Waals surface area contributed by atoms with Gasteiger partial charge < -0.3 is 10.1 Å². The van der Waals surface area contributed by atoms with Crippen LogP contribution in [0, 0.1) is 0 Å². The van der Waals surface area contributed by atoms with Crippen LogP contribution in [-0.2, 0) is 4.74 Å². The van der Waals surface area contributed by atoms with Crippen molar-refractivity contribution in [1.29, 1.82) is 0 Å². The second-order valence-corrected chi connectivity index (χ2v) is 4.05. The lowest BCUT2D eigenvalue weighted by Gasteiger charge is -2.24. The van der Waals surface area contributed by atoms with Crippen molar-refractivity contribution in [2.24, 2.45) is 10.8 Å². The van der Waals surface area contributed by atoms with E-state index < -0.39 is 0 Å². The summed E-state index contributed by atoms with van der Waals surface area (Å²) >= 11 is 0. The zero-order chi connectivity index (χ0) is 11.6. The first-order valence-electron chi connectivity index (χ1n) is 6.22. The van der Waals surface area contributed by atoms with Crippen LogP contribution < -0.4 is 16.6 Å². The van der Waals surface area contributed by atoms with Gasteiger partial charge in [-0.25, -0.2) is 10.8 Å². The van der Waals surface area contributed by atoms with E-state index in [1.165, 1.54) is 32.1 Å². The number of nitrogens with two attached hydrogens (primary N) is 1. The van der Waals surface area contributed by atoms with E-state index in [4.69, 9.17) is 10.6 Å². The van der Waals surface area contributed by atoms with Gasteiger partial charge in [0.1, 0.15) is 0 Å². The maximum atomic E-state index is 5.42. The molecule has 0 unspecified atom stereocenters. The van der Waals surface area contributed by atoms with Crippen molar-refractivity contribution in [3.63, 3.8) is 0 Å². The largest absolute Gasteiger partial charge is 0.380 e. The van der Waals surface area contributed by atoms with Gasteiger partial charge in [-0.15, -0.1) is 0 Å². The Morgan fingerprint density at radius 3 is 2.75 bits per heavy atom. The number of hydrazine groups is 1. The van der Waals surface area contributed by atoms with Gasteiger partial charge in [0.2, 0.25) is 5.96 Å². The maximum Gasteiger partial charge on any atom is 0.206 e. The molecule has 5 nitrogen and oxygen atoms in total. The van der Waals surface area contributed by atoms with Gasteiger partial charge in [0.05, 0.1) is 13.2 Å². The number of guanidine groups is 1. The number of nitrogens with zero attached hydrogens (tertiary/aromatic N) is 1. The van der Waals surface area contributed by atoms with Crippen molar-refractivity contribution in [2.45, 2.75) is 45.1 Å². The third-order valence-corrected chi connectivity index (χ3v) is 2.79. The molecule has 0 saturated heterocycles. The summed E-state index contributed by atoms with van der Waals surface area (Å²) in [6.07, 6.45) is 6.38. The fraction of sp³-hybridized carbons (Fsp3) is 0.909. The van der Waals surface area contributed by atoms with Crippen molar-refractivity contribution >= 4 is 5.96 Å². The van der Waals surface area contributed by atoms with Crippen molar-refractivity contribution in [2.75, 3.05) is 19.8 Å². The van der Waals surface area contributed by atoms with E-state index in [9.17, 15) is 0 Å². The molecule has 1 aliphatic rings. The van der Waals surface area contributed by atoms with Crippen LogP contribution in [0.4, 0.5) is 0 Å². The van der Waals surface area contributed by atoms with E-state index in [1.54, 1.807) is 0 Å². The summed E-state index contributed by atoms with van der Waals surface area (Å²) in [5.74, 6) is 6.11. The molecular formula is C11H24N4O. The molecule has 1 fully saturated rings. The molecule has 0 heterocycles. The summed E-state index contributed by atoms with van der Waals surface area (Å²) in [4.78, 5) is 4.32. The Labute approximate surface area is 97.8 Å². The lowest BCUT2D eigenvalue weighted by atomic mass is 9.96. The van der Waals surface area contributed by atoms with E-state index in [2.05, 4.69) is 15.7 Å². The molecule has 1 saturated carbocycles. The zero-order valence-corrected chi connectivity index (χ0v) is 10.2. The molecule has 0 aliphatic heterocycles. The fourth-order valence-electron chi connectivity index (χ4n) is 1.94. The van der Waals surface area contributed by atoms with Crippen LogP contribution in [-0.4, -0.2) is 31.8 Å². The SMILES string of the molecule is CCOCCN=C(NN)NC1CCCCC1. The minimum atomic E-state index is 0.524. The molecule has 0 radical (unpaired) electrons. The van der Waals surface area contributed by atoms with Crippen LogP contribution in [0.3, 0.4) is 0 Å². The van der Waals surface area contributed by atoms with Crippen molar-refractivity contribution in [3.05, 3.63) is 0 Å². The second kappa shape index (κ2) is 8.35. The summed E-state index contributed by atoms with van der Waals surface area (Å²) in [6.45, 7) is 4.00. The van der Waals surface area contributed by atoms with Gasteiger partial charge in [0.25, 0.3) is 0 Å². The first kappa shape index (κ1) is 13.3. The van der Waals surface area contributed by atoms with E-state index in [1.807, 2.05) is 6.92 Å². The lowest BCUT2D eigenvalue weighted by Crippen LogP contribution is -2.47. The first-order valence-corrected chi connectivity index (χ1v) is 6.22. The topological polar surface area (TPSA) is 71.7 Å². The highest BCUT2D eigenvalue weighted by Crippen LogP contribution is 2.16. The van der Waals surface area contributed by atoms with E-state index in [0.717, 1.165) is 6.61 Å². The van der Waals surface area contributed by atoms with Crippen LogP contribution in [0.5, 0.6) is 0 Å². The number of rotatable bonds is 5. The van der Waals surface area contributed by atoms with E-state index >= 15 is 0 Å². The van der Waals surface area contributed by atoms with Crippen LogP contribution in [0.15, 0.2) is 4.99 Å². The predicted molar refractivity (Wildman–Crippen MR) is 66.1 cm³/mol. The third-order valence-electron chi connectivity index (χ3n) is 2.79. The number of aliphatic imine (C=N–C) groups is 1. The van der Waals surface area contributed by atoms with Crippen molar-refractivity contribution in [1.82, 2.24) is 10.7 Å². The van der Waals surface area contributed by atoms with Gasteiger partial charge in [-0.05, 0) is 19.8 Å². The Balaban J connectivity index is 2.23. The number of ether oxygens (including phenoxy) is 1. The molecule has 0 spiro atoms. The quantitative estimate of drug-likeness (QED) is 0.214. The van der Waals surface area contributed by atoms with Gasteiger partial charge in [-0.3, -0.25) is 5.43 Å². The average Bonchev–Trinajstić information content (AvgIpc) is 2.34. The average molecular weight is 228 g/mol. The first-order chi connectivity index (χ1) is 7.86. The van der Waals surface area contributed by atoms with Crippen molar-refractivity contribution in [3.8, 4) is 0 Å². The standard InChI is InChI=1S/C11H24N4O/c1-2-16-9-8-13-11(15-12)14-10-6-4-3-5-7-10/h10H,2-9,12H2,1H3,(H2,13,14,15).